The van der Waals surface area contributed by atoms with E-state index < -0.39 is 5.82 Å². The Balaban J connectivity index is 1.35. The zero-order valence-corrected chi connectivity index (χ0v) is 19.1. The number of hydrogen-bond donors (Lipinski definition) is 1. The monoisotopic (exact) mass is 463 g/mol. The molecule has 0 atom stereocenters. The number of fused-ring (bicyclic) bond motifs is 1. The minimum Gasteiger partial charge on any atom is -0.493 e. The van der Waals surface area contributed by atoms with Gasteiger partial charge in [0.15, 0.2) is 28.8 Å². The first-order valence-electron chi connectivity index (χ1n) is 10.9. The zero-order valence-electron chi connectivity index (χ0n) is 19.1. The summed E-state index contributed by atoms with van der Waals surface area (Å²) in [4.78, 5) is 12.3. The first-order valence-corrected chi connectivity index (χ1v) is 10.9. The number of amides is 1. The Hall–Kier alpha value is -4.00. The molecule has 0 unspecified atom stereocenters. The fourth-order valence-corrected chi connectivity index (χ4v) is 3.58. The average Bonchev–Trinajstić information content (AvgIpc) is 3.30. The number of rotatable bonds is 9. The molecule has 34 heavy (non-hydrogen) atoms. The number of benzene rings is 3. The molecule has 0 radical (unpaired) electrons. The molecule has 0 aromatic heterocycles. The van der Waals surface area contributed by atoms with Crippen LogP contribution in [0.3, 0.4) is 0 Å². The first-order chi connectivity index (χ1) is 16.5. The van der Waals surface area contributed by atoms with Gasteiger partial charge in [-0.3, -0.25) is 4.79 Å². The normalized spacial score (nSPS) is 12.1. The van der Waals surface area contributed by atoms with Crippen molar-refractivity contribution in [1.82, 2.24) is 5.32 Å². The van der Waals surface area contributed by atoms with E-state index in [0.717, 1.165) is 16.7 Å². The van der Waals surface area contributed by atoms with E-state index in [1.54, 1.807) is 18.2 Å². The third-order valence-electron chi connectivity index (χ3n) is 5.46. The molecule has 7 heteroatoms. The van der Waals surface area contributed by atoms with Crippen molar-refractivity contribution in [2.75, 3.05) is 20.4 Å². The largest absolute Gasteiger partial charge is 0.493 e. The Morgan fingerprint density at radius 2 is 1.88 bits per heavy atom. The van der Waals surface area contributed by atoms with Crippen LogP contribution in [0.4, 0.5) is 4.39 Å². The lowest BCUT2D eigenvalue weighted by atomic mass is 10.1. The number of hydrogen-bond acceptors (Lipinski definition) is 5. The van der Waals surface area contributed by atoms with Crippen LogP contribution >= 0.6 is 0 Å². The van der Waals surface area contributed by atoms with Crippen LogP contribution in [-0.4, -0.2) is 26.4 Å². The molecule has 0 fully saturated rings. The quantitative estimate of drug-likeness (QED) is 0.461. The first kappa shape index (κ1) is 23.2. The summed E-state index contributed by atoms with van der Waals surface area (Å²) in [5.41, 5.74) is 3.18. The van der Waals surface area contributed by atoms with Gasteiger partial charge in [-0.15, -0.1) is 0 Å². The van der Waals surface area contributed by atoms with E-state index in [0.29, 0.717) is 29.2 Å². The van der Waals surface area contributed by atoms with E-state index in [1.165, 1.54) is 13.2 Å². The lowest BCUT2D eigenvalue weighted by Crippen LogP contribution is -2.23. The van der Waals surface area contributed by atoms with Gasteiger partial charge < -0.3 is 24.3 Å². The van der Waals surface area contributed by atoms with E-state index in [9.17, 15) is 4.79 Å². The molecule has 6 nitrogen and oxygen atoms in total. The van der Waals surface area contributed by atoms with Gasteiger partial charge in [-0.25, -0.2) is 4.39 Å². The third kappa shape index (κ3) is 5.49. The summed E-state index contributed by atoms with van der Waals surface area (Å²) in [6.07, 6.45) is 3.47. The van der Waals surface area contributed by atoms with Crippen molar-refractivity contribution in [2.24, 2.45) is 0 Å². The highest BCUT2D eigenvalue weighted by Gasteiger charge is 2.17. The molecule has 0 aliphatic carbocycles. The Morgan fingerprint density at radius 3 is 2.65 bits per heavy atom. The van der Waals surface area contributed by atoms with Crippen molar-refractivity contribution in [3.63, 3.8) is 0 Å². The van der Waals surface area contributed by atoms with Crippen LogP contribution in [0, 0.1) is 12.7 Å². The van der Waals surface area contributed by atoms with Crippen LogP contribution in [0.5, 0.6) is 23.0 Å². The maximum Gasteiger partial charge on any atom is 0.244 e. The highest BCUT2D eigenvalue weighted by molar-refractivity contribution is 5.92. The molecule has 0 spiro atoms. The molecule has 1 aliphatic rings. The van der Waals surface area contributed by atoms with Crippen molar-refractivity contribution in [3.05, 3.63) is 88.7 Å². The van der Waals surface area contributed by atoms with Gasteiger partial charge in [0.25, 0.3) is 0 Å². The molecule has 0 saturated carbocycles. The van der Waals surface area contributed by atoms with Gasteiger partial charge >= 0.3 is 0 Å². The molecule has 1 amide bonds. The van der Waals surface area contributed by atoms with E-state index in [-0.39, 0.29) is 31.6 Å². The van der Waals surface area contributed by atoms with Crippen LogP contribution in [0.15, 0.2) is 60.7 Å². The van der Waals surface area contributed by atoms with Crippen molar-refractivity contribution in [3.8, 4) is 23.0 Å². The third-order valence-corrected chi connectivity index (χ3v) is 5.46. The number of nitrogens with one attached hydrogen (secondary N) is 1. The number of carbonyl (C=O) groups is 1. The Labute approximate surface area is 197 Å². The van der Waals surface area contributed by atoms with Crippen molar-refractivity contribution in [2.45, 2.75) is 20.0 Å². The second kappa shape index (κ2) is 10.7. The van der Waals surface area contributed by atoms with Crippen LogP contribution in [0.1, 0.15) is 22.3 Å². The summed E-state index contributed by atoms with van der Waals surface area (Å²) in [6.45, 7) is 2.62. The molecule has 0 bridgehead atoms. The fraction of sp³-hybridized carbons (Fsp3) is 0.222. The van der Waals surface area contributed by atoms with E-state index in [2.05, 4.69) is 5.32 Å². The molecular weight excluding hydrogens is 437 g/mol. The predicted molar refractivity (Wildman–Crippen MR) is 127 cm³/mol. The SMILES string of the molecule is COc1ccc(CCNC(=O)/C=C/c2cc3c(cc2C)OCO3)c(F)c1OCc1ccccc1. The molecule has 3 aromatic carbocycles. The molecule has 1 heterocycles. The fourth-order valence-electron chi connectivity index (χ4n) is 3.58. The van der Waals surface area contributed by atoms with Crippen molar-refractivity contribution in [1.29, 1.82) is 0 Å². The maximum atomic E-state index is 15.1. The molecule has 4 rings (SSSR count). The van der Waals surface area contributed by atoms with Gasteiger partial charge in [-0.2, -0.15) is 0 Å². The second-order valence-corrected chi connectivity index (χ2v) is 7.78. The standard InChI is InChI=1S/C27H26FNO5/c1-18-14-23-24(34-17-33-23)15-21(18)9-11-25(30)29-13-12-20-8-10-22(31-2)27(26(20)28)32-16-19-6-4-3-5-7-19/h3-11,14-15H,12-13,16-17H2,1-2H3,(H,29,30)/b11-9+. The van der Waals surface area contributed by atoms with Crippen molar-refractivity contribution >= 4 is 12.0 Å². The Kier molecular flexibility index (Phi) is 7.32. The van der Waals surface area contributed by atoms with Gasteiger partial charge in [-0.05, 0) is 59.9 Å². The van der Waals surface area contributed by atoms with E-state index in [4.69, 9.17) is 18.9 Å². The minimum absolute atomic E-state index is 0.0633. The topological polar surface area (TPSA) is 66.0 Å². The van der Waals surface area contributed by atoms with E-state index in [1.807, 2.05) is 49.4 Å². The number of halogens is 1. The Bertz CT molecular complexity index is 1190. The second-order valence-electron chi connectivity index (χ2n) is 7.78. The highest BCUT2D eigenvalue weighted by atomic mass is 19.1. The Morgan fingerprint density at radius 1 is 1.12 bits per heavy atom. The average molecular weight is 464 g/mol. The molecule has 176 valence electrons. The lowest BCUT2D eigenvalue weighted by Gasteiger charge is -2.14. The summed E-state index contributed by atoms with van der Waals surface area (Å²) in [5, 5.41) is 2.79. The number of aryl methyl sites for hydroxylation is 1. The predicted octanol–water partition coefficient (Wildman–Crippen LogP) is 4.82. The summed E-state index contributed by atoms with van der Waals surface area (Å²) in [6, 6.07) is 16.5. The number of ether oxygens (including phenoxy) is 4. The van der Waals surface area contributed by atoms with E-state index >= 15 is 4.39 Å². The maximum absolute atomic E-state index is 15.1. The van der Waals surface area contributed by atoms with Gasteiger partial charge in [0.05, 0.1) is 7.11 Å². The van der Waals surface area contributed by atoms with Crippen LogP contribution in [-0.2, 0) is 17.8 Å². The lowest BCUT2D eigenvalue weighted by molar-refractivity contribution is -0.116. The molecule has 1 N–H and O–H groups in total. The molecule has 3 aromatic rings. The summed E-state index contributed by atoms with van der Waals surface area (Å²) in [7, 11) is 1.47. The van der Waals surface area contributed by atoms with Gasteiger partial charge in [0, 0.05) is 12.6 Å². The minimum atomic E-state index is -0.490. The smallest absolute Gasteiger partial charge is 0.244 e. The van der Waals surface area contributed by atoms with Crippen LogP contribution in [0.2, 0.25) is 0 Å². The highest BCUT2D eigenvalue weighted by Crippen LogP contribution is 2.35. The van der Waals surface area contributed by atoms with Crippen LogP contribution < -0.4 is 24.3 Å². The van der Waals surface area contributed by atoms with Crippen LogP contribution in [0.25, 0.3) is 6.08 Å². The summed E-state index contributed by atoms with van der Waals surface area (Å²) >= 11 is 0. The molecule has 0 saturated heterocycles. The van der Waals surface area contributed by atoms with Gasteiger partial charge in [0.1, 0.15) is 6.61 Å². The molecule has 1 aliphatic heterocycles. The van der Waals surface area contributed by atoms with Crippen molar-refractivity contribution < 1.29 is 28.1 Å². The van der Waals surface area contributed by atoms with Gasteiger partial charge in [-0.1, -0.05) is 36.4 Å². The summed E-state index contributed by atoms with van der Waals surface area (Å²) < 4.78 is 36.8. The zero-order chi connectivity index (χ0) is 23.9. The molecular formula is C27H26FNO5. The van der Waals surface area contributed by atoms with Gasteiger partial charge in [0.2, 0.25) is 12.7 Å². The summed E-state index contributed by atoms with van der Waals surface area (Å²) in [5.74, 6) is 0.984. The number of carbonyl (C=O) groups excluding carboxylic acids is 1. The number of methoxy groups -OCH3 is 1.